The highest BCUT2D eigenvalue weighted by molar-refractivity contribution is 9.10. The number of likely N-dealkylation sites (N-methyl/N-ethyl adjacent to an activating group) is 1. The SMILES string of the molecule is CSc1cccc2sc(N(CCN(C)C)C(=O)c3ccc(Br)cc3)nc12. The van der Waals surface area contributed by atoms with Crippen LogP contribution in [0.5, 0.6) is 0 Å². The first-order valence-electron chi connectivity index (χ1n) is 8.15. The largest absolute Gasteiger partial charge is 0.308 e. The molecule has 1 aromatic heterocycles. The fraction of sp³-hybridized carbons (Fsp3) is 0.263. The molecular weight excluding hydrogens is 430 g/mol. The van der Waals surface area contributed by atoms with E-state index in [0.29, 0.717) is 12.1 Å². The minimum absolute atomic E-state index is 0.0240. The monoisotopic (exact) mass is 449 g/mol. The molecule has 0 bridgehead atoms. The predicted molar refractivity (Wildman–Crippen MR) is 116 cm³/mol. The maximum absolute atomic E-state index is 13.2. The van der Waals surface area contributed by atoms with Crippen molar-refractivity contribution in [1.82, 2.24) is 9.88 Å². The van der Waals surface area contributed by atoms with E-state index in [2.05, 4.69) is 33.0 Å². The van der Waals surface area contributed by atoms with Crippen molar-refractivity contribution in [3.8, 4) is 0 Å². The van der Waals surface area contributed by atoms with Crippen LogP contribution in [-0.4, -0.2) is 49.2 Å². The normalized spacial score (nSPS) is 11.3. The standard InChI is InChI=1S/C19H20BrN3OS2/c1-22(2)11-12-23(18(24)13-7-9-14(20)10-8-13)19-21-17-15(25-3)5-4-6-16(17)26-19/h4-10H,11-12H2,1-3H3. The molecule has 0 aliphatic carbocycles. The number of rotatable bonds is 6. The lowest BCUT2D eigenvalue weighted by atomic mass is 10.2. The van der Waals surface area contributed by atoms with Gasteiger partial charge in [0.05, 0.1) is 10.2 Å². The van der Waals surface area contributed by atoms with E-state index in [1.165, 1.54) is 0 Å². The van der Waals surface area contributed by atoms with Crippen LogP contribution in [0.1, 0.15) is 10.4 Å². The summed E-state index contributed by atoms with van der Waals surface area (Å²) in [6, 6.07) is 13.6. The lowest BCUT2D eigenvalue weighted by Crippen LogP contribution is -2.36. The Labute approximate surface area is 170 Å². The number of para-hydroxylation sites is 1. The number of thioether (sulfide) groups is 1. The maximum atomic E-state index is 13.2. The molecule has 136 valence electrons. The molecule has 0 fully saturated rings. The molecule has 0 atom stereocenters. The number of nitrogens with zero attached hydrogens (tertiary/aromatic N) is 3. The molecule has 26 heavy (non-hydrogen) atoms. The molecule has 1 heterocycles. The molecule has 4 nitrogen and oxygen atoms in total. The summed E-state index contributed by atoms with van der Waals surface area (Å²) < 4.78 is 2.06. The molecule has 0 saturated carbocycles. The summed E-state index contributed by atoms with van der Waals surface area (Å²) in [5.41, 5.74) is 1.63. The van der Waals surface area contributed by atoms with Crippen molar-refractivity contribution in [3.05, 3.63) is 52.5 Å². The van der Waals surface area contributed by atoms with Gasteiger partial charge in [0.15, 0.2) is 5.13 Å². The van der Waals surface area contributed by atoms with E-state index in [1.54, 1.807) is 28.0 Å². The van der Waals surface area contributed by atoms with Crippen molar-refractivity contribution in [1.29, 1.82) is 0 Å². The number of fused-ring (bicyclic) bond motifs is 1. The summed E-state index contributed by atoms with van der Waals surface area (Å²) in [5, 5.41) is 0.747. The molecule has 3 aromatic rings. The highest BCUT2D eigenvalue weighted by Gasteiger charge is 2.22. The molecule has 1 amide bonds. The second kappa shape index (κ2) is 8.52. The zero-order valence-electron chi connectivity index (χ0n) is 14.9. The van der Waals surface area contributed by atoms with E-state index >= 15 is 0 Å². The average molecular weight is 450 g/mol. The van der Waals surface area contributed by atoms with Crippen LogP contribution in [0, 0.1) is 0 Å². The minimum atomic E-state index is -0.0240. The van der Waals surface area contributed by atoms with Crippen molar-refractivity contribution in [2.75, 3.05) is 38.3 Å². The van der Waals surface area contributed by atoms with Gasteiger partial charge < -0.3 is 4.90 Å². The Morgan fingerprint density at radius 1 is 1.15 bits per heavy atom. The third kappa shape index (κ3) is 4.28. The smallest absolute Gasteiger partial charge is 0.260 e. The Balaban J connectivity index is 2.00. The van der Waals surface area contributed by atoms with E-state index in [-0.39, 0.29) is 5.91 Å². The number of halogens is 1. The average Bonchev–Trinajstić information content (AvgIpc) is 3.05. The molecule has 0 saturated heterocycles. The second-order valence-corrected chi connectivity index (χ2v) is 8.84. The van der Waals surface area contributed by atoms with Crippen molar-refractivity contribution < 1.29 is 4.79 Å². The summed E-state index contributed by atoms with van der Waals surface area (Å²) in [7, 11) is 4.01. The molecule has 0 aliphatic rings. The van der Waals surface area contributed by atoms with Crippen LogP contribution < -0.4 is 4.90 Å². The van der Waals surface area contributed by atoms with E-state index in [0.717, 1.165) is 31.3 Å². The van der Waals surface area contributed by atoms with Crippen LogP contribution in [0.4, 0.5) is 5.13 Å². The van der Waals surface area contributed by atoms with Crippen molar-refractivity contribution in [2.45, 2.75) is 4.90 Å². The van der Waals surface area contributed by atoms with Gasteiger partial charge in [-0.3, -0.25) is 9.69 Å². The minimum Gasteiger partial charge on any atom is -0.308 e. The van der Waals surface area contributed by atoms with Crippen molar-refractivity contribution in [2.24, 2.45) is 0 Å². The molecule has 7 heteroatoms. The van der Waals surface area contributed by atoms with Crippen LogP contribution in [0.2, 0.25) is 0 Å². The van der Waals surface area contributed by atoms with Crippen LogP contribution in [0.3, 0.4) is 0 Å². The van der Waals surface area contributed by atoms with Crippen LogP contribution in [-0.2, 0) is 0 Å². The van der Waals surface area contributed by atoms with Crippen LogP contribution in [0.25, 0.3) is 10.2 Å². The van der Waals surface area contributed by atoms with Crippen LogP contribution >= 0.6 is 39.0 Å². The molecular formula is C19H20BrN3OS2. The quantitative estimate of drug-likeness (QED) is 0.496. The summed E-state index contributed by atoms with van der Waals surface area (Å²) in [6.45, 7) is 1.36. The Hall–Kier alpha value is -1.41. The molecule has 0 unspecified atom stereocenters. The summed E-state index contributed by atoms with van der Waals surface area (Å²) in [5.74, 6) is -0.0240. The van der Waals surface area contributed by atoms with Gasteiger partial charge in [0, 0.05) is 28.0 Å². The van der Waals surface area contributed by atoms with Crippen molar-refractivity contribution >= 4 is 60.3 Å². The molecule has 2 aromatic carbocycles. The Morgan fingerprint density at radius 2 is 1.88 bits per heavy atom. The number of anilines is 1. The zero-order valence-corrected chi connectivity index (χ0v) is 18.1. The number of carbonyl (C=O) groups excluding carboxylic acids is 1. The number of thiazole rings is 1. The summed E-state index contributed by atoms with van der Waals surface area (Å²) >= 11 is 6.66. The highest BCUT2D eigenvalue weighted by Crippen LogP contribution is 2.34. The molecule has 0 spiro atoms. The van der Waals surface area contributed by atoms with Gasteiger partial charge in [0.25, 0.3) is 5.91 Å². The molecule has 3 rings (SSSR count). The lowest BCUT2D eigenvalue weighted by Gasteiger charge is -2.22. The van der Waals surface area contributed by atoms with Gasteiger partial charge in [-0.1, -0.05) is 33.3 Å². The number of carbonyl (C=O) groups is 1. The van der Waals surface area contributed by atoms with Crippen molar-refractivity contribution in [3.63, 3.8) is 0 Å². The van der Waals surface area contributed by atoms with Gasteiger partial charge in [-0.15, -0.1) is 11.8 Å². The third-order valence-corrected chi connectivity index (χ3v) is 6.27. The Kier molecular flexibility index (Phi) is 6.34. The van der Waals surface area contributed by atoms with Crippen LogP contribution in [0.15, 0.2) is 51.8 Å². The van der Waals surface area contributed by atoms with E-state index in [4.69, 9.17) is 4.98 Å². The summed E-state index contributed by atoms with van der Waals surface area (Å²) in [6.07, 6.45) is 2.05. The first-order chi connectivity index (χ1) is 12.5. The van der Waals surface area contributed by atoms with E-state index in [1.807, 2.05) is 50.7 Å². The van der Waals surface area contributed by atoms with E-state index in [9.17, 15) is 4.79 Å². The Morgan fingerprint density at radius 3 is 2.54 bits per heavy atom. The Bertz CT molecular complexity index is 909. The molecule has 0 aliphatic heterocycles. The first-order valence-corrected chi connectivity index (χ1v) is 11.0. The number of hydrogen-bond donors (Lipinski definition) is 0. The predicted octanol–water partition coefficient (Wildman–Crippen LogP) is 4.99. The highest BCUT2D eigenvalue weighted by atomic mass is 79.9. The maximum Gasteiger partial charge on any atom is 0.260 e. The van der Waals surface area contributed by atoms with Gasteiger partial charge in [0.1, 0.15) is 0 Å². The first kappa shape index (κ1) is 19.4. The van der Waals surface area contributed by atoms with Gasteiger partial charge >= 0.3 is 0 Å². The summed E-state index contributed by atoms with van der Waals surface area (Å²) in [4.78, 5) is 22.9. The van der Waals surface area contributed by atoms with Gasteiger partial charge in [-0.2, -0.15) is 0 Å². The second-order valence-electron chi connectivity index (χ2n) is 6.07. The van der Waals surface area contributed by atoms with Gasteiger partial charge in [-0.05, 0) is 56.7 Å². The lowest BCUT2D eigenvalue weighted by molar-refractivity contribution is 0.0985. The number of hydrogen-bond acceptors (Lipinski definition) is 5. The molecule has 0 radical (unpaired) electrons. The number of benzene rings is 2. The molecule has 0 N–H and O–H groups in total. The van der Waals surface area contributed by atoms with Gasteiger partial charge in [-0.25, -0.2) is 4.98 Å². The fourth-order valence-corrected chi connectivity index (χ4v) is 4.43. The number of aromatic nitrogens is 1. The zero-order chi connectivity index (χ0) is 18.7. The number of amides is 1. The topological polar surface area (TPSA) is 36.4 Å². The third-order valence-electron chi connectivity index (χ3n) is 3.93. The van der Waals surface area contributed by atoms with Gasteiger partial charge in [0.2, 0.25) is 0 Å². The fourth-order valence-electron chi connectivity index (χ4n) is 2.52. The van der Waals surface area contributed by atoms with E-state index < -0.39 is 0 Å².